The van der Waals surface area contributed by atoms with Crippen molar-refractivity contribution in [2.45, 2.75) is 46.5 Å². The van der Waals surface area contributed by atoms with Crippen molar-refractivity contribution in [1.29, 1.82) is 0 Å². The number of ether oxygens (including phenoxy) is 1. The highest BCUT2D eigenvalue weighted by Gasteiger charge is 2.19. The van der Waals surface area contributed by atoms with Crippen molar-refractivity contribution in [1.82, 2.24) is 14.5 Å². The average Bonchev–Trinajstić information content (AvgIpc) is 3.25. The number of fused-ring (bicyclic) bond motifs is 3. The van der Waals surface area contributed by atoms with Crippen molar-refractivity contribution < 1.29 is 4.74 Å². The third-order valence-electron chi connectivity index (χ3n) is 7.41. The van der Waals surface area contributed by atoms with Gasteiger partial charge in [-0.25, -0.2) is 9.97 Å². The molecule has 0 atom stereocenters. The van der Waals surface area contributed by atoms with Crippen molar-refractivity contribution in [3.63, 3.8) is 0 Å². The maximum atomic E-state index is 6.60. The molecule has 0 unspecified atom stereocenters. The molecule has 0 amide bonds. The maximum absolute atomic E-state index is 6.60. The van der Waals surface area contributed by atoms with Gasteiger partial charge in [-0.1, -0.05) is 75.7 Å². The van der Waals surface area contributed by atoms with Crippen LogP contribution in [0.2, 0.25) is 5.15 Å². The van der Waals surface area contributed by atoms with Gasteiger partial charge in [0.25, 0.3) is 0 Å². The first-order valence-corrected chi connectivity index (χ1v) is 14.1. The van der Waals surface area contributed by atoms with Crippen LogP contribution in [0, 0.1) is 6.92 Å². The van der Waals surface area contributed by atoms with Crippen molar-refractivity contribution >= 4 is 33.4 Å². The number of benzene rings is 3. The summed E-state index contributed by atoms with van der Waals surface area (Å²) in [5.41, 5.74) is 7.82. The molecule has 0 aliphatic rings. The van der Waals surface area contributed by atoms with Crippen LogP contribution in [-0.4, -0.2) is 14.5 Å². The van der Waals surface area contributed by atoms with E-state index in [1.807, 2.05) is 36.5 Å². The number of aromatic nitrogens is 3. The summed E-state index contributed by atoms with van der Waals surface area (Å²) in [5.74, 6) is 2.93. The smallest absolute Gasteiger partial charge is 0.137 e. The standard InChI is InChI=1S/C35H32ClN3O/c1-21(2)26-9-8-10-27(22(3)4)35(26)30-18-25(20-33(36)38-30)40-24-13-15-29-28-14-12-23(5)17-31(28)39(32(29)19-24)34-11-6-7-16-37-34/h6-22H,1-5H3. The van der Waals surface area contributed by atoms with E-state index in [4.69, 9.17) is 21.3 Å². The lowest BCUT2D eigenvalue weighted by molar-refractivity contribution is 0.483. The second kappa shape index (κ2) is 10.4. The molecule has 0 fully saturated rings. The largest absolute Gasteiger partial charge is 0.457 e. The van der Waals surface area contributed by atoms with Gasteiger partial charge in [0.1, 0.15) is 22.5 Å². The molecular formula is C35H32ClN3O. The van der Waals surface area contributed by atoms with E-state index in [2.05, 4.69) is 92.7 Å². The first kappa shape index (κ1) is 26.1. The van der Waals surface area contributed by atoms with Gasteiger partial charge >= 0.3 is 0 Å². The van der Waals surface area contributed by atoms with Gasteiger partial charge in [-0.15, -0.1) is 0 Å². The summed E-state index contributed by atoms with van der Waals surface area (Å²) < 4.78 is 8.68. The predicted molar refractivity (Wildman–Crippen MR) is 166 cm³/mol. The molecule has 3 aromatic carbocycles. The molecule has 0 aliphatic heterocycles. The summed E-state index contributed by atoms with van der Waals surface area (Å²) in [6, 6.07) is 29.0. The molecule has 0 bridgehead atoms. The van der Waals surface area contributed by atoms with Crippen LogP contribution in [0.15, 0.2) is 91.1 Å². The Hall–Kier alpha value is -4.15. The molecular weight excluding hydrogens is 514 g/mol. The molecule has 0 aliphatic carbocycles. The minimum absolute atomic E-state index is 0.346. The molecule has 6 rings (SSSR count). The van der Waals surface area contributed by atoms with Gasteiger partial charge in [0.15, 0.2) is 0 Å². The van der Waals surface area contributed by atoms with Gasteiger partial charge in [-0.3, -0.25) is 4.57 Å². The first-order chi connectivity index (χ1) is 19.3. The van der Waals surface area contributed by atoms with E-state index in [1.165, 1.54) is 22.1 Å². The van der Waals surface area contributed by atoms with E-state index in [0.717, 1.165) is 39.2 Å². The zero-order valence-electron chi connectivity index (χ0n) is 23.4. The number of halogens is 1. The highest BCUT2D eigenvalue weighted by Crippen LogP contribution is 2.39. The SMILES string of the molecule is Cc1ccc2c3ccc(Oc4cc(Cl)nc(-c5c(C(C)C)cccc5C(C)C)c4)cc3n(-c3ccccn3)c2c1. The van der Waals surface area contributed by atoms with Gasteiger partial charge in [-0.2, -0.15) is 0 Å². The van der Waals surface area contributed by atoms with E-state index < -0.39 is 0 Å². The number of nitrogens with zero attached hydrogens (tertiary/aromatic N) is 3. The Bertz CT molecular complexity index is 1830. The third kappa shape index (κ3) is 4.73. The molecule has 40 heavy (non-hydrogen) atoms. The van der Waals surface area contributed by atoms with Crippen molar-refractivity contribution in [3.05, 3.63) is 113 Å². The molecule has 6 aromatic rings. The summed E-state index contributed by atoms with van der Waals surface area (Å²) in [7, 11) is 0. The zero-order valence-corrected chi connectivity index (χ0v) is 24.2. The van der Waals surface area contributed by atoms with E-state index in [9.17, 15) is 0 Å². The Labute approximate surface area is 240 Å². The summed E-state index contributed by atoms with van der Waals surface area (Å²) in [5, 5.41) is 2.73. The topological polar surface area (TPSA) is 39.9 Å². The molecule has 3 heterocycles. The van der Waals surface area contributed by atoms with Crippen LogP contribution in [0.5, 0.6) is 11.5 Å². The Morgan fingerprint density at radius 3 is 2.10 bits per heavy atom. The lowest BCUT2D eigenvalue weighted by Gasteiger charge is -2.20. The predicted octanol–water partition coefficient (Wildman–Crippen LogP) is 10.2. The van der Waals surface area contributed by atoms with Gasteiger partial charge in [0.05, 0.1) is 16.7 Å². The quantitative estimate of drug-likeness (QED) is 0.195. The lowest BCUT2D eigenvalue weighted by Crippen LogP contribution is -2.01. The second-order valence-corrected chi connectivity index (χ2v) is 11.3. The number of aryl methyl sites for hydroxylation is 1. The molecule has 4 nitrogen and oxygen atoms in total. The number of rotatable bonds is 6. The molecule has 0 saturated heterocycles. The molecule has 0 saturated carbocycles. The van der Waals surface area contributed by atoms with E-state index in [1.54, 1.807) is 6.07 Å². The van der Waals surface area contributed by atoms with Crippen molar-refractivity contribution in [2.75, 3.05) is 0 Å². The molecule has 0 spiro atoms. The van der Waals surface area contributed by atoms with Crippen molar-refractivity contribution in [2.24, 2.45) is 0 Å². The van der Waals surface area contributed by atoms with Crippen LogP contribution in [0.1, 0.15) is 56.2 Å². The molecule has 5 heteroatoms. The lowest BCUT2D eigenvalue weighted by atomic mass is 9.87. The minimum atomic E-state index is 0.346. The van der Waals surface area contributed by atoms with E-state index in [0.29, 0.717) is 22.7 Å². The van der Waals surface area contributed by atoms with E-state index in [-0.39, 0.29) is 0 Å². The number of hydrogen-bond donors (Lipinski definition) is 0. The highest BCUT2D eigenvalue weighted by atomic mass is 35.5. The fourth-order valence-corrected chi connectivity index (χ4v) is 5.75. The van der Waals surface area contributed by atoms with Crippen LogP contribution in [0.25, 0.3) is 38.9 Å². The Morgan fingerprint density at radius 1 is 0.725 bits per heavy atom. The molecule has 0 radical (unpaired) electrons. The number of pyridine rings is 2. The van der Waals surface area contributed by atoms with Crippen LogP contribution in [-0.2, 0) is 0 Å². The van der Waals surface area contributed by atoms with Gasteiger partial charge in [0, 0.05) is 40.7 Å². The number of hydrogen-bond acceptors (Lipinski definition) is 3. The van der Waals surface area contributed by atoms with Crippen LogP contribution < -0.4 is 4.74 Å². The second-order valence-electron chi connectivity index (χ2n) is 11.0. The van der Waals surface area contributed by atoms with Gasteiger partial charge < -0.3 is 4.74 Å². The third-order valence-corrected chi connectivity index (χ3v) is 7.60. The fourth-order valence-electron chi connectivity index (χ4n) is 5.55. The van der Waals surface area contributed by atoms with Gasteiger partial charge in [0.2, 0.25) is 0 Å². The van der Waals surface area contributed by atoms with Gasteiger partial charge in [-0.05, 0) is 65.8 Å². The Morgan fingerprint density at radius 2 is 1.43 bits per heavy atom. The Balaban J connectivity index is 1.48. The van der Waals surface area contributed by atoms with Crippen molar-refractivity contribution in [3.8, 4) is 28.6 Å². The summed E-state index contributed by atoms with van der Waals surface area (Å²) >= 11 is 6.60. The van der Waals surface area contributed by atoms with Crippen LogP contribution in [0.4, 0.5) is 0 Å². The molecule has 3 aromatic heterocycles. The molecule has 0 N–H and O–H groups in total. The first-order valence-electron chi connectivity index (χ1n) is 13.7. The highest BCUT2D eigenvalue weighted by molar-refractivity contribution is 6.29. The molecule has 200 valence electrons. The fraction of sp³-hybridized carbons (Fsp3) is 0.200. The summed E-state index contributed by atoms with van der Waals surface area (Å²) in [6.07, 6.45) is 1.82. The monoisotopic (exact) mass is 545 g/mol. The summed E-state index contributed by atoms with van der Waals surface area (Å²) in [4.78, 5) is 9.41. The average molecular weight is 546 g/mol. The zero-order chi connectivity index (χ0) is 28.0. The Kier molecular flexibility index (Phi) is 6.81. The van der Waals surface area contributed by atoms with Crippen LogP contribution in [0.3, 0.4) is 0 Å². The maximum Gasteiger partial charge on any atom is 0.137 e. The minimum Gasteiger partial charge on any atom is -0.457 e. The normalized spacial score (nSPS) is 11.7. The van der Waals surface area contributed by atoms with E-state index >= 15 is 0 Å². The summed E-state index contributed by atoms with van der Waals surface area (Å²) in [6.45, 7) is 11.0. The van der Waals surface area contributed by atoms with Crippen LogP contribution >= 0.6 is 11.6 Å².